The van der Waals surface area contributed by atoms with Crippen molar-refractivity contribution >= 4 is 63.7 Å². The van der Waals surface area contributed by atoms with Gasteiger partial charge in [0.05, 0.1) is 5.69 Å². The van der Waals surface area contributed by atoms with E-state index in [1.54, 1.807) is 28.3 Å². The maximum atomic E-state index is 13.2. The third-order valence-corrected chi connectivity index (χ3v) is 6.38. The highest BCUT2D eigenvalue weighted by molar-refractivity contribution is 7.80. The Balaban J connectivity index is 1.68. The van der Waals surface area contributed by atoms with Gasteiger partial charge in [-0.2, -0.15) is 4.07 Å². The van der Waals surface area contributed by atoms with E-state index in [2.05, 4.69) is 15.4 Å². The van der Waals surface area contributed by atoms with Crippen LogP contribution in [-0.4, -0.2) is 38.2 Å². The first-order chi connectivity index (χ1) is 15.0. The maximum absolute atomic E-state index is 13.2. The number of carbonyl (C=O) groups excluding carboxylic acids is 1. The van der Waals surface area contributed by atoms with Gasteiger partial charge in [0.15, 0.2) is 15.5 Å². The molecule has 3 aromatic rings. The molecular weight excluding hydrogens is 473 g/mol. The molecule has 1 aromatic heterocycles. The van der Waals surface area contributed by atoms with E-state index >= 15 is 0 Å². The van der Waals surface area contributed by atoms with Gasteiger partial charge in [0.1, 0.15) is 0 Å². The fourth-order valence-corrected chi connectivity index (χ4v) is 4.57. The summed E-state index contributed by atoms with van der Waals surface area (Å²) in [6.45, 7) is 1.45. The number of piperidine rings is 1. The lowest BCUT2D eigenvalue weighted by Gasteiger charge is -2.25. The predicted molar refractivity (Wildman–Crippen MR) is 129 cm³/mol. The van der Waals surface area contributed by atoms with Crippen LogP contribution in [0.4, 0.5) is 5.69 Å². The van der Waals surface area contributed by atoms with Crippen LogP contribution in [0.15, 0.2) is 53.5 Å². The Morgan fingerprint density at radius 3 is 2.26 bits per heavy atom. The van der Waals surface area contributed by atoms with E-state index in [0.29, 0.717) is 20.4 Å². The topological polar surface area (TPSA) is 62.5 Å². The van der Waals surface area contributed by atoms with Gasteiger partial charge < -0.3 is 10.2 Å². The van der Waals surface area contributed by atoms with Crippen molar-refractivity contribution in [3.8, 4) is 5.69 Å². The first kappa shape index (κ1) is 22.0. The number of rotatable bonds is 3. The summed E-state index contributed by atoms with van der Waals surface area (Å²) in [5, 5.41) is 9.11. The minimum absolute atomic E-state index is 0.128. The molecule has 0 atom stereocenters. The number of thiocarbonyl (C=S) groups is 1. The summed E-state index contributed by atoms with van der Waals surface area (Å²) in [5.41, 5.74) is 1.85. The third-order valence-electron chi connectivity index (χ3n) is 4.76. The van der Waals surface area contributed by atoms with Crippen molar-refractivity contribution in [1.29, 1.82) is 0 Å². The molecule has 4 rings (SSSR count). The summed E-state index contributed by atoms with van der Waals surface area (Å²) in [5.74, 6) is -0.128. The average Bonchev–Trinajstić information content (AvgIpc) is 3.19. The van der Waals surface area contributed by atoms with Gasteiger partial charge in [-0.15, -0.1) is 5.10 Å². The summed E-state index contributed by atoms with van der Waals surface area (Å²) in [4.78, 5) is 19.5. The zero-order valence-electron chi connectivity index (χ0n) is 16.4. The Bertz CT molecular complexity index is 1150. The normalized spacial score (nSPS) is 14.5. The number of benzene rings is 2. The molecule has 2 heterocycles. The monoisotopic (exact) mass is 491 g/mol. The lowest BCUT2D eigenvalue weighted by atomic mass is 10.1. The second-order valence-electron chi connectivity index (χ2n) is 7.00. The van der Waals surface area contributed by atoms with E-state index < -0.39 is 0 Å². The molecule has 160 valence electrons. The number of hydrogen-bond donors (Lipinski definition) is 1. The van der Waals surface area contributed by atoms with Gasteiger partial charge in [0.25, 0.3) is 5.91 Å². The summed E-state index contributed by atoms with van der Waals surface area (Å²) < 4.78 is 2.12. The van der Waals surface area contributed by atoms with Gasteiger partial charge in [-0.3, -0.25) is 4.79 Å². The van der Waals surface area contributed by atoms with Crippen LogP contribution in [0.1, 0.15) is 29.8 Å². The van der Waals surface area contributed by atoms with Crippen molar-refractivity contribution in [3.05, 3.63) is 68.9 Å². The molecule has 1 aliphatic heterocycles. The molecule has 0 radical (unpaired) electrons. The molecular formula is C21H19Cl2N5OS2. The van der Waals surface area contributed by atoms with E-state index in [4.69, 9.17) is 35.4 Å². The largest absolute Gasteiger partial charge is 0.337 e. The minimum atomic E-state index is -0.128. The molecule has 1 saturated heterocycles. The van der Waals surface area contributed by atoms with Gasteiger partial charge in [0.2, 0.25) is 0 Å². The molecule has 1 N–H and O–H groups in total. The standard InChI is InChI=1S/C21H19Cl2N5OS2/c22-14-4-8-16(9-5-14)24-21(30)25-19-18(20(29)27-12-2-1-3-13-27)26-28(31-19)17-10-6-15(23)7-11-17/h4-11H,1-3,12-13H2,(H,24,30). The Kier molecular flexibility index (Phi) is 7.02. The van der Waals surface area contributed by atoms with Gasteiger partial charge in [-0.25, -0.2) is 4.99 Å². The van der Waals surface area contributed by atoms with Crippen LogP contribution in [0, 0.1) is 0 Å². The van der Waals surface area contributed by atoms with Crippen LogP contribution in [0.2, 0.25) is 10.0 Å². The molecule has 0 unspecified atom stereocenters. The van der Waals surface area contributed by atoms with E-state index in [9.17, 15) is 4.79 Å². The first-order valence-electron chi connectivity index (χ1n) is 9.77. The number of carbonyl (C=O) groups is 1. The van der Waals surface area contributed by atoms with E-state index in [1.807, 2.05) is 29.2 Å². The Morgan fingerprint density at radius 2 is 1.61 bits per heavy atom. The number of hydrogen-bond acceptors (Lipinski definition) is 4. The van der Waals surface area contributed by atoms with E-state index in [1.165, 1.54) is 11.5 Å². The van der Waals surface area contributed by atoms with Crippen molar-refractivity contribution in [2.75, 3.05) is 18.4 Å². The Labute approximate surface area is 199 Å². The van der Waals surface area contributed by atoms with Crippen molar-refractivity contribution in [3.63, 3.8) is 0 Å². The third kappa shape index (κ3) is 5.51. The Hall–Kier alpha value is -2.26. The fraction of sp³-hybridized carbons (Fsp3) is 0.238. The summed E-state index contributed by atoms with van der Waals surface area (Å²) in [6.07, 6.45) is 3.13. The maximum Gasteiger partial charge on any atom is 0.277 e. The number of aromatic nitrogens is 2. The summed E-state index contributed by atoms with van der Waals surface area (Å²) in [7, 11) is 0. The number of halogens is 2. The van der Waals surface area contributed by atoms with Crippen LogP contribution in [0.5, 0.6) is 0 Å². The van der Waals surface area contributed by atoms with Crippen molar-refractivity contribution in [2.45, 2.75) is 19.3 Å². The summed E-state index contributed by atoms with van der Waals surface area (Å²) in [6, 6.07) is 14.4. The van der Waals surface area contributed by atoms with E-state index in [0.717, 1.165) is 43.7 Å². The van der Waals surface area contributed by atoms with Crippen LogP contribution in [0.25, 0.3) is 5.69 Å². The second kappa shape index (κ2) is 9.91. The molecule has 1 aliphatic rings. The second-order valence-corrected chi connectivity index (χ2v) is 9.17. The molecule has 2 aromatic carbocycles. The molecule has 31 heavy (non-hydrogen) atoms. The van der Waals surface area contributed by atoms with Crippen LogP contribution in [-0.2, 0) is 0 Å². The zero-order chi connectivity index (χ0) is 21.8. The van der Waals surface area contributed by atoms with Gasteiger partial charge in [-0.05, 0) is 91.5 Å². The highest BCUT2D eigenvalue weighted by Crippen LogP contribution is 2.17. The molecule has 0 aliphatic carbocycles. The summed E-state index contributed by atoms with van der Waals surface area (Å²) >= 11 is 18.6. The number of nitrogens with one attached hydrogen (secondary N) is 1. The molecule has 10 heteroatoms. The SMILES string of the molecule is O=C(c1nn(-c2ccc(Cl)cc2)sc1=NC(=S)Nc1ccc(Cl)cc1)N1CCCCC1. The van der Waals surface area contributed by atoms with Gasteiger partial charge >= 0.3 is 0 Å². The molecule has 1 fully saturated rings. The van der Waals surface area contributed by atoms with Crippen molar-refractivity contribution in [1.82, 2.24) is 14.1 Å². The predicted octanol–water partition coefficient (Wildman–Crippen LogP) is 5.16. The van der Waals surface area contributed by atoms with Crippen molar-refractivity contribution in [2.24, 2.45) is 4.99 Å². The molecule has 0 spiro atoms. The van der Waals surface area contributed by atoms with Crippen LogP contribution >= 0.6 is 47.0 Å². The Morgan fingerprint density at radius 1 is 1.00 bits per heavy atom. The van der Waals surface area contributed by atoms with Gasteiger partial charge in [-0.1, -0.05) is 23.2 Å². The molecule has 0 bridgehead atoms. The lowest BCUT2D eigenvalue weighted by molar-refractivity contribution is 0.0716. The molecule has 0 saturated carbocycles. The smallest absolute Gasteiger partial charge is 0.277 e. The van der Waals surface area contributed by atoms with Crippen LogP contribution < -0.4 is 9.99 Å². The number of amides is 1. The molecule has 6 nitrogen and oxygen atoms in total. The number of anilines is 1. The van der Waals surface area contributed by atoms with E-state index in [-0.39, 0.29) is 11.0 Å². The zero-order valence-corrected chi connectivity index (χ0v) is 19.6. The fourth-order valence-electron chi connectivity index (χ4n) is 3.19. The lowest BCUT2D eigenvalue weighted by Crippen LogP contribution is -2.38. The van der Waals surface area contributed by atoms with Gasteiger partial charge in [0, 0.05) is 28.8 Å². The van der Waals surface area contributed by atoms with Crippen LogP contribution in [0.3, 0.4) is 0 Å². The highest BCUT2D eigenvalue weighted by Gasteiger charge is 2.23. The van der Waals surface area contributed by atoms with Crippen molar-refractivity contribution < 1.29 is 4.79 Å². The minimum Gasteiger partial charge on any atom is -0.337 e. The first-order valence-corrected chi connectivity index (χ1v) is 11.7. The highest BCUT2D eigenvalue weighted by atomic mass is 35.5. The average molecular weight is 492 g/mol. The number of likely N-dealkylation sites (tertiary alicyclic amines) is 1. The quantitative estimate of drug-likeness (QED) is 0.513. The molecule has 1 amide bonds. The number of nitrogens with zero attached hydrogens (tertiary/aromatic N) is 4.